The second-order valence-corrected chi connectivity index (χ2v) is 6.21. The Balaban J connectivity index is 2.18. The van der Waals surface area contributed by atoms with Gasteiger partial charge < -0.3 is 0 Å². The molecule has 0 aromatic heterocycles. The smallest absolute Gasteiger partial charge is 0.200 e. The first-order chi connectivity index (χ1) is 9.49. The van der Waals surface area contributed by atoms with Gasteiger partial charge in [-0.15, -0.1) is 0 Å². The lowest BCUT2D eigenvalue weighted by Gasteiger charge is -2.05. The number of nitrogens with one attached hydrogen (secondary N) is 1. The minimum Gasteiger partial charge on any atom is -0.200 e. The normalized spacial score (nSPS) is 12.2. The van der Waals surface area contributed by atoms with E-state index in [-0.39, 0.29) is 4.90 Å². The Labute approximate surface area is 123 Å². The van der Waals surface area contributed by atoms with E-state index in [4.69, 9.17) is 11.6 Å². The third-order valence-electron chi connectivity index (χ3n) is 2.65. The SMILES string of the molecule is CC(=NNS(=O)(=O)c1ccccc1)c1ccc(Cl)cc1. The van der Waals surface area contributed by atoms with Crippen molar-refractivity contribution in [3.05, 3.63) is 65.2 Å². The molecule has 104 valence electrons. The third-order valence-corrected chi connectivity index (χ3v) is 4.13. The van der Waals surface area contributed by atoms with Gasteiger partial charge in [-0.25, -0.2) is 0 Å². The molecule has 0 radical (unpaired) electrons. The first-order valence-electron chi connectivity index (χ1n) is 5.86. The molecular formula is C14H13ClN2O2S. The van der Waals surface area contributed by atoms with Crippen molar-refractivity contribution in [1.29, 1.82) is 0 Å². The Morgan fingerprint density at radius 3 is 2.25 bits per heavy atom. The summed E-state index contributed by atoms with van der Waals surface area (Å²) in [6, 6.07) is 15.1. The van der Waals surface area contributed by atoms with Crippen LogP contribution in [0.5, 0.6) is 0 Å². The molecule has 0 spiro atoms. The van der Waals surface area contributed by atoms with Gasteiger partial charge in [0.1, 0.15) is 0 Å². The zero-order valence-electron chi connectivity index (χ0n) is 10.7. The van der Waals surface area contributed by atoms with Crippen LogP contribution in [0.2, 0.25) is 5.02 Å². The number of rotatable bonds is 4. The fourth-order valence-corrected chi connectivity index (χ4v) is 2.54. The molecule has 6 heteroatoms. The highest BCUT2D eigenvalue weighted by Crippen LogP contribution is 2.11. The van der Waals surface area contributed by atoms with Crippen LogP contribution >= 0.6 is 11.6 Å². The Morgan fingerprint density at radius 2 is 1.65 bits per heavy atom. The van der Waals surface area contributed by atoms with Crippen molar-refractivity contribution < 1.29 is 8.42 Å². The summed E-state index contributed by atoms with van der Waals surface area (Å²) in [5, 5.41) is 4.52. The second kappa shape index (κ2) is 6.07. The number of halogens is 1. The van der Waals surface area contributed by atoms with Crippen molar-refractivity contribution in [1.82, 2.24) is 4.83 Å². The summed E-state index contributed by atoms with van der Waals surface area (Å²) >= 11 is 5.79. The summed E-state index contributed by atoms with van der Waals surface area (Å²) in [6.07, 6.45) is 0. The quantitative estimate of drug-likeness (QED) is 0.697. The Kier molecular flexibility index (Phi) is 4.42. The fourth-order valence-electron chi connectivity index (χ4n) is 1.54. The largest absolute Gasteiger partial charge is 0.276 e. The lowest BCUT2D eigenvalue weighted by Crippen LogP contribution is -2.19. The number of hydrogen-bond donors (Lipinski definition) is 1. The van der Waals surface area contributed by atoms with Crippen molar-refractivity contribution in [2.45, 2.75) is 11.8 Å². The third kappa shape index (κ3) is 3.59. The highest BCUT2D eigenvalue weighted by atomic mass is 35.5. The molecule has 2 aromatic carbocycles. The van der Waals surface area contributed by atoms with Crippen LogP contribution in [-0.2, 0) is 10.0 Å². The minimum atomic E-state index is -3.64. The van der Waals surface area contributed by atoms with Crippen molar-refractivity contribution in [2.75, 3.05) is 0 Å². The molecule has 0 aliphatic carbocycles. The van der Waals surface area contributed by atoms with Crippen LogP contribution in [-0.4, -0.2) is 14.1 Å². The van der Waals surface area contributed by atoms with E-state index in [0.717, 1.165) is 5.56 Å². The molecule has 1 N–H and O–H groups in total. The summed E-state index contributed by atoms with van der Waals surface area (Å²) in [6.45, 7) is 1.72. The van der Waals surface area contributed by atoms with Gasteiger partial charge >= 0.3 is 0 Å². The molecule has 0 aliphatic rings. The minimum absolute atomic E-state index is 0.174. The van der Waals surface area contributed by atoms with E-state index in [0.29, 0.717) is 10.7 Å². The first kappa shape index (κ1) is 14.6. The molecule has 2 aromatic rings. The van der Waals surface area contributed by atoms with Crippen LogP contribution in [0, 0.1) is 0 Å². The zero-order chi connectivity index (χ0) is 14.6. The van der Waals surface area contributed by atoms with Crippen LogP contribution in [0.15, 0.2) is 64.6 Å². The molecule has 0 saturated carbocycles. The summed E-state index contributed by atoms with van der Waals surface area (Å²) in [7, 11) is -3.64. The van der Waals surface area contributed by atoms with Gasteiger partial charge in [-0.2, -0.15) is 18.4 Å². The molecule has 0 saturated heterocycles. The Hall–Kier alpha value is -1.85. The topological polar surface area (TPSA) is 58.5 Å². The maximum Gasteiger partial charge on any atom is 0.276 e. The van der Waals surface area contributed by atoms with Crippen molar-refractivity contribution >= 4 is 27.3 Å². The molecule has 20 heavy (non-hydrogen) atoms. The molecule has 0 unspecified atom stereocenters. The molecule has 0 amide bonds. The molecule has 2 rings (SSSR count). The van der Waals surface area contributed by atoms with Crippen LogP contribution in [0.4, 0.5) is 0 Å². The van der Waals surface area contributed by atoms with E-state index in [1.807, 2.05) is 0 Å². The van der Waals surface area contributed by atoms with Gasteiger partial charge in [-0.1, -0.05) is 41.9 Å². The molecule has 0 aliphatic heterocycles. The maximum absolute atomic E-state index is 12.0. The molecule has 4 nitrogen and oxygen atoms in total. The van der Waals surface area contributed by atoms with Gasteiger partial charge in [0, 0.05) is 5.02 Å². The van der Waals surface area contributed by atoms with Gasteiger partial charge in [0.15, 0.2) is 0 Å². The molecule has 0 bridgehead atoms. The Morgan fingerprint density at radius 1 is 1.05 bits per heavy atom. The van der Waals surface area contributed by atoms with Crippen molar-refractivity contribution in [3.63, 3.8) is 0 Å². The van der Waals surface area contributed by atoms with Crippen molar-refractivity contribution in [3.8, 4) is 0 Å². The molecule has 0 fully saturated rings. The summed E-state index contributed by atoms with van der Waals surface area (Å²) in [5.74, 6) is 0. The lowest BCUT2D eigenvalue weighted by atomic mass is 10.1. The van der Waals surface area contributed by atoms with Crippen molar-refractivity contribution in [2.24, 2.45) is 5.10 Å². The molecule has 0 heterocycles. The van der Waals surface area contributed by atoms with E-state index < -0.39 is 10.0 Å². The van der Waals surface area contributed by atoms with Crippen LogP contribution in [0.3, 0.4) is 0 Å². The molecule has 0 atom stereocenters. The summed E-state index contributed by atoms with van der Waals surface area (Å²) < 4.78 is 24.0. The summed E-state index contributed by atoms with van der Waals surface area (Å²) in [5.41, 5.74) is 1.35. The summed E-state index contributed by atoms with van der Waals surface area (Å²) in [4.78, 5) is 2.39. The van der Waals surface area contributed by atoms with E-state index in [2.05, 4.69) is 9.93 Å². The highest BCUT2D eigenvalue weighted by molar-refractivity contribution is 7.89. The van der Waals surface area contributed by atoms with Crippen LogP contribution in [0.25, 0.3) is 0 Å². The maximum atomic E-state index is 12.0. The van der Waals surface area contributed by atoms with Gasteiger partial charge in [0.05, 0.1) is 10.6 Å². The fraction of sp³-hybridized carbons (Fsp3) is 0.0714. The van der Waals surface area contributed by atoms with Crippen LogP contribution in [0.1, 0.15) is 12.5 Å². The first-order valence-corrected chi connectivity index (χ1v) is 7.72. The molecular weight excluding hydrogens is 296 g/mol. The predicted molar refractivity (Wildman–Crippen MR) is 80.4 cm³/mol. The number of nitrogens with zero attached hydrogens (tertiary/aromatic N) is 1. The predicted octanol–water partition coefficient (Wildman–Crippen LogP) is 3.04. The van der Waals surface area contributed by atoms with Gasteiger partial charge in [-0.3, -0.25) is 0 Å². The second-order valence-electron chi connectivity index (χ2n) is 4.11. The van der Waals surface area contributed by atoms with E-state index in [9.17, 15) is 8.42 Å². The van der Waals surface area contributed by atoms with Gasteiger partial charge in [-0.05, 0) is 36.8 Å². The zero-order valence-corrected chi connectivity index (χ0v) is 12.3. The number of hydrazone groups is 1. The van der Waals surface area contributed by atoms with Crippen LogP contribution < -0.4 is 4.83 Å². The average Bonchev–Trinajstić information content (AvgIpc) is 2.46. The van der Waals surface area contributed by atoms with Gasteiger partial charge in [0.25, 0.3) is 10.0 Å². The monoisotopic (exact) mass is 308 g/mol. The standard InChI is InChI=1S/C14H13ClN2O2S/c1-11(12-7-9-13(15)10-8-12)16-17-20(18,19)14-5-3-2-4-6-14/h2-10,17H,1H3. The Bertz CT molecular complexity index is 711. The lowest BCUT2D eigenvalue weighted by molar-refractivity contribution is 0.584. The van der Waals surface area contributed by atoms with E-state index >= 15 is 0 Å². The van der Waals surface area contributed by atoms with Gasteiger partial charge in [0.2, 0.25) is 0 Å². The average molecular weight is 309 g/mol. The van der Waals surface area contributed by atoms with E-state index in [1.165, 1.54) is 12.1 Å². The highest BCUT2D eigenvalue weighted by Gasteiger charge is 2.11. The number of hydrogen-bond acceptors (Lipinski definition) is 3. The number of sulfonamides is 1. The van der Waals surface area contributed by atoms with E-state index in [1.54, 1.807) is 49.4 Å². The number of benzene rings is 2.